The topological polar surface area (TPSA) is 93.1 Å². The lowest BCUT2D eigenvalue weighted by Crippen LogP contribution is -2.51. The van der Waals surface area contributed by atoms with Gasteiger partial charge in [-0.1, -0.05) is 19.4 Å². The van der Waals surface area contributed by atoms with Crippen molar-refractivity contribution in [1.82, 2.24) is 35.0 Å². The molecule has 6 aliphatic rings. The first-order valence-corrected chi connectivity index (χ1v) is 22.5. The molecule has 2 aromatic heterocycles. The third kappa shape index (κ3) is 7.74. The molecule has 6 saturated heterocycles. The summed E-state index contributed by atoms with van der Waals surface area (Å²) in [5, 5.41) is 16.0. The van der Waals surface area contributed by atoms with Gasteiger partial charge in [0.2, 0.25) is 0 Å². The molecule has 0 spiro atoms. The summed E-state index contributed by atoms with van der Waals surface area (Å²) in [6, 6.07) is 6.64. The third-order valence-corrected chi connectivity index (χ3v) is 14.8. The number of likely N-dealkylation sites (tertiary alicyclic amines) is 2. The fraction of sp³-hybridized carbons (Fsp3) is 0.630. The van der Waals surface area contributed by atoms with E-state index in [-0.39, 0.29) is 29.6 Å². The highest BCUT2D eigenvalue weighted by Crippen LogP contribution is 2.45. The van der Waals surface area contributed by atoms with Crippen molar-refractivity contribution in [2.24, 2.45) is 11.8 Å². The molecule has 10 nitrogen and oxygen atoms in total. The van der Waals surface area contributed by atoms with Gasteiger partial charge in [-0.15, -0.1) is 0 Å². The number of hydrogen-bond donors (Lipinski definition) is 2. The largest absolute Gasteiger partial charge is 0.508 e. The molecule has 2 aromatic carbocycles. The number of aromatic nitrogens is 3. The van der Waals surface area contributed by atoms with Gasteiger partial charge in [-0.2, -0.15) is 9.97 Å². The van der Waals surface area contributed by atoms with Gasteiger partial charge in [0.05, 0.1) is 10.9 Å². The van der Waals surface area contributed by atoms with Gasteiger partial charge in [-0.25, -0.2) is 13.2 Å². The van der Waals surface area contributed by atoms with E-state index in [4.69, 9.17) is 14.7 Å². The van der Waals surface area contributed by atoms with Crippen LogP contribution in [0.3, 0.4) is 0 Å². The Kier molecular flexibility index (Phi) is 10.8. The Morgan fingerprint density at radius 3 is 2.47 bits per heavy atom. The summed E-state index contributed by atoms with van der Waals surface area (Å²) in [4.78, 5) is 24.1. The molecular weight excluding hydrogens is 754 g/mol. The molecule has 0 amide bonds. The van der Waals surface area contributed by atoms with Crippen molar-refractivity contribution in [2.75, 3.05) is 77.0 Å². The molecule has 0 radical (unpaired) electrons. The molecule has 59 heavy (non-hydrogen) atoms. The summed E-state index contributed by atoms with van der Waals surface area (Å²) in [6.07, 6.45) is 12.1. The molecule has 316 valence electrons. The molecule has 13 heteroatoms. The normalized spacial score (nSPS) is 28.3. The summed E-state index contributed by atoms with van der Waals surface area (Å²) < 4.78 is 54.1. The number of piperidine rings is 2. The van der Waals surface area contributed by atoms with E-state index in [9.17, 15) is 5.11 Å². The lowest BCUT2D eigenvalue weighted by molar-refractivity contribution is 0.107. The zero-order chi connectivity index (χ0) is 40.3. The number of fused-ring (bicyclic) bond motifs is 5. The first-order chi connectivity index (χ1) is 28.7. The van der Waals surface area contributed by atoms with Crippen molar-refractivity contribution < 1.29 is 23.0 Å². The monoisotopic (exact) mass is 812 g/mol. The van der Waals surface area contributed by atoms with Crippen LogP contribution in [0.25, 0.3) is 32.9 Å². The Morgan fingerprint density at radius 2 is 1.69 bits per heavy atom. The maximum Gasteiger partial charge on any atom is 0.319 e. The molecule has 2 bridgehead atoms. The summed E-state index contributed by atoms with van der Waals surface area (Å²) in [5.74, 6) is 0.672. The van der Waals surface area contributed by atoms with E-state index >= 15 is 13.2 Å². The standard InChI is InChI=1S/C46H59F3N8O2/c1-2-36-39(48)9-6-31-18-35(58)19-37(40(31)36)42-41(49)43-38(22-50-42)44(56-26-33-7-8-34(27-56)51-33)53-45(52-43)59-28-46-20-30(24-57(46)25-32(47)21-46)12-17-54-15-10-29(11-16-54)23-55-13-4-3-5-14-55/h6,9,18-19,22,29-30,32-34,51,58H,2-5,7-8,10-17,20-21,23-28H2,1H3/t30-,32+,33-,34+,46-/m0/s1. The minimum atomic E-state index is -0.927. The number of aromatic hydroxyl groups is 1. The average Bonchev–Trinajstić information content (AvgIpc) is 3.87. The predicted molar refractivity (Wildman–Crippen MR) is 225 cm³/mol. The van der Waals surface area contributed by atoms with E-state index < -0.39 is 23.3 Å². The first kappa shape index (κ1) is 39.4. The number of ether oxygens (including phenoxy) is 1. The maximum absolute atomic E-state index is 17.2. The van der Waals surface area contributed by atoms with E-state index in [2.05, 4.69) is 29.9 Å². The highest BCUT2D eigenvalue weighted by atomic mass is 19.1. The van der Waals surface area contributed by atoms with Crippen LogP contribution in [0.2, 0.25) is 0 Å². The van der Waals surface area contributed by atoms with Crippen LogP contribution in [-0.4, -0.2) is 131 Å². The van der Waals surface area contributed by atoms with Crippen LogP contribution in [0, 0.1) is 23.5 Å². The summed E-state index contributed by atoms with van der Waals surface area (Å²) >= 11 is 0. The number of benzene rings is 2. The van der Waals surface area contributed by atoms with Gasteiger partial charge in [0.1, 0.15) is 41.4 Å². The number of rotatable bonds is 11. The fourth-order valence-corrected chi connectivity index (χ4v) is 11.8. The lowest BCUT2D eigenvalue weighted by Gasteiger charge is -2.36. The van der Waals surface area contributed by atoms with Gasteiger partial charge in [0.15, 0.2) is 5.82 Å². The number of halogens is 3. The maximum atomic E-state index is 17.2. The highest BCUT2D eigenvalue weighted by molar-refractivity contribution is 6.01. The fourth-order valence-electron chi connectivity index (χ4n) is 11.8. The molecule has 4 aromatic rings. The molecule has 6 aliphatic heterocycles. The van der Waals surface area contributed by atoms with Crippen molar-refractivity contribution >= 4 is 27.5 Å². The SMILES string of the molecule is CCc1c(F)ccc2cc(O)cc(-c3ncc4c(N5C[C@H]6CC[C@@H](C5)N6)nc(OC[C@]56C[C@@H](F)CN5C[C@@H](CCN5CCC(CN7CCCCC7)CC5)C6)nc4c3F)c12. The lowest BCUT2D eigenvalue weighted by atomic mass is 9.88. The van der Waals surface area contributed by atoms with Crippen LogP contribution in [-0.2, 0) is 6.42 Å². The number of nitrogens with zero attached hydrogens (tertiary/aromatic N) is 7. The Bertz CT molecular complexity index is 2170. The van der Waals surface area contributed by atoms with Crippen molar-refractivity contribution in [1.29, 1.82) is 0 Å². The molecule has 8 heterocycles. The van der Waals surface area contributed by atoms with Gasteiger partial charge in [-0.3, -0.25) is 9.88 Å². The van der Waals surface area contributed by atoms with Crippen molar-refractivity contribution in [3.63, 3.8) is 0 Å². The van der Waals surface area contributed by atoms with Crippen molar-refractivity contribution in [3.05, 3.63) is 47.7 Å². The number of nitrogens with one attached hydrogen (secondary N) is 1. The number of aryl methyl sites for hydroxylation is 1. The molecule has 6 fully saturated rings. The Labute approximate surface area is 345 Å². The molecular formula is C46H59F3N8O2. The van der Waals surface area contributed by atoms with E-state index in [1.807, 2.05) is 6.92 Å². The number of phenols is 1. The predicted octanol–water partition coefficient (Wildman–Crippen LogP) is 7.10. The highest BCUT2D eigenvalue weighted by Gasteiger charge is 2.52. The zero-order valence-electron chi connectivity index (χ0n) is 34.4. The van der Waals surface area contributed by atoms with Crippen molar-refractivity contribution in [2.45, 2.75) is 101 Å². The second-order valence-corrected chi connectivity index (χ2v) is 18.8. The van der Waals surface area contributed by atoms with Crippen LogP contribution >= 0.6 is 0 Å². The van der Waals surface area contributed by atoms with E-state index in [0.717, 1.165) is 57.8 Å². The number of phenolic OH excluding ortho intramolecular Hbond substituents is 1. The zero-order valence-corrected chi connectivity index (χ0v) is 34.4. The van der Waals surface area contributed by atoms with Gasteiger partial charge in [-0.05, 0) is 137 Å². The van der Waals surface area contributed by atoms with Gasteiger partial charge >= 0.3 is 6.01 Å². The van der Waals surface area contributed by atoms with Gasteiger partial charge in [0, 0.05) is 63.0 Å². The van der Waals surface area contributed by atoms with Gasteiger partial charge < -0.3 is 29.9 Å². The quantitative estimate of drug-likeness (QED) is 0.164. The Hall–Kier alpha value is -3.78. The number of hydrogen-bond acceptors (Lipinski definition) is 10. The minimum absolute atomic E-state index is 0.0274. The van der Waals surface area contributed by atoms with Crippen LogP contribution in [0.15, 0.2) is 30.5 Å². The van der Waals surface area contributed by atoms with Crippen LogP contribution in [0.1, 0.15) is 76.7 Å². The second-order valence-electron chi connectivity index (χ2n) is 18.8. The molecule has 10 rings (SSSR count). The Morgan fingerprint density at radius 1 is 0.898 bits per heavy atom. The number of pyridine rings is 1. The van der Waals surface area contributed by atoms with E-state index in [1.165, 1.54) is 63.9 Å². The Balaban J connectivity index is 0.904. The van der Waals surface area contributed by atoms with E-state index in [0.29, 0.717) is 83.6 Å². The van der Waals surface area contributed by atoms with Crippen LogP contribution in [0.5, 0.6) is 11.8 Å². The number of alkyl halides is 1. The smallest absolute Gasteiger partial charge is 0.319 e. The average molecular weight is 813 g/mol. The summed E-state index contributed by atoms with van der Waals surface area (Å²) in [6.45, 7) is 11.9. The molecule has 2 N–H and O–H groups in total. The number of anilines is 1. The van der Waals surface area contributed by atoms with Crippen LogP contribution in [0.4, 0.5) is 19.0 Å². The third-order valence-electron chi connectivity index (χ3n) is 14.8. The molecule has 0 saturated carbocycles. The number of piperazine rings is 1. The molecule has 0 aliphatic carbocycles. The summed E-state index contributed by atoms with van der Waals surface area (Å²) in [5.41, 5.74) is 0.283. The summed E-state index contributed by atoms with van der Waals surface area (Å²) in [7, 11) is 0. The van der Waals surface area contributed by atoms with Gasteiger partial charge in [0.25, 0.3) is 0 Å². The van der Waals surface area contributed by atoms with Crippen molar-refractivity contribution in [3.8, 4) is 23.0 Å². The van der Waals surface area contributed by atoms with E-state index in [1.54, 1.807) is 18.3 Å². The molecule has 0 unspecified atom stereocenters. The second kappa shape index (κ2) is 16.2. The first-order valence-electron chi connectivity index (χ1n) is 22.5. The minimum Gasteiger partial charge on any atom is -0.508 e. The van der Waals surface area contributed by atoms with Crippen LogP contribution < -0.4 is 15.0 Å². The molecule has 5 atom stereocenters.